The summed E-state index contributed by atoms with van der Waals surface area (Å²) in [6, 6.07) is 2.82. The molecule has 0 radical (unpaired) electrons. The van der Waals surface area contributed by atoms with Gasteiger partial charge in [0.1, 0.15) is 24.7 Å². The van der Waals surface area contributed by atoms with Crippen LogP contribution in [0.4, 0.5) is 13.2 Å². The van der Waals surface area contributed by atoms with Crippen molar-refractivity contribution in [2.24, 2.45) is 17.8 Å². The summed E-state index contributed by atoms with van der Waals surface area (Å²) in [5.41, 5.74) is 0. The Kier molecular flexibility index (Phi) is 8.37. The number of benzene rings is 1. The summed E-state index contributed by atoms with van der Waals surface area (Å²) in [5, 5.41) is 18.9. The smallest absolute Gasteiger partial charge is 0.303 e. The van der Waals surface area contributed by atoms with Crippen LogP contribution in [0, 0.1) is 29.4 Å². The molecule has 1 aromatic carbocycles. The standard InChI is InChI=1S/C23H29F3O5/c24-15-5-9-19(25)22(10-15)31-13-16(27)6-8-17-18-7-4-14(2-1-3-23(28)29)12-30-21(18)11-20(17)26/h5-6,8-10,14,16-18,20-21,27H,1-4,7,11-13H2,(H,28,29)/b8-6+/t14-,16+,17+,18+,20-,21-/m0/s1. The van der Waals surface area contributed by atoms with Crippen LogP contribution in [0.3, 0.4) is 0 Å². The van der Waals surface area contributed by atoms with E-state index in [1.807, 2.05) is 0 Å². The summed E-state index contributed by atoms with van der Waals surface area (Å²) < 4.78 is 52.5. The number of aliphatic hydroxyl groups excluding tert-OH is 1. The van der Waals surface area contributed by atoms with Crippen molar-refractivity contribution < 1.29 is 37.7 Å². The van der Waals surface area contributed by atoms with Gasteiger partial charge < -0.3 is 19.7 Å². The zero-order valence-electron chi connectivity index (χ0n) is 17.3. The van der Waals surface area contributed by atoms with Crippen LogP contribution in [-0.4, -0.2) is 47.8 Å². The minimum absolute atomic E-state index is 0.00972. The van der Waals surface area contributed by atoms with Crippen LogP contribution >= 0.6 is 0 Å². The van der Waals surface area contributed by atoms with Crippen LogP contribution in [0.25, 0.3) is 0 Å². The number of hydrogen-bond acceptors (Lipinski definition) is 4. The second-order valence-corrected chi connectivity index (χ2v) is 8.43. The summed E-state index contributed by atoms with van der Waals surface area (Å²) >= 11 is 0. The molecule has 0 aromatic heterocycles. The molecule has 0 spiro atoms. The fourth-order valence-electron chi connectivity index (χ4n) is 4.52. The molecule has 172 valence electrons. The molecule has 1 saturated carbocycles. The van der Waals surface area contributed by atoms with Crippen LogP contribution in [0.1, 0.15) is 38.5 Å². The first-order valence-corrected chi connectivity index (χ1v) is 10.7. The Morgan fingerprint density at radius 1 is 1.32 bits per heavy atom. The van der Waals surface area contributed by atoms with Gasteiger partial charge in [-0.3, -0.25) is 4.79 Å². The highest BCUT2D eigenvalue weighted by Crippen LogP contribution is 2.43. The minimum Gasteiger partial charge on any atom is -0.487 e. The summed E-state index contributed by atoms with van der Waals surface area (Å²) in [7, 11) is 0. The Morgan fingerprint density at radius 2 is 2.13 bits per heavy atom. The lowest BCUT2D eigenvalue weighted by Gasteiger charge is -2.20. The summed E-state index contributed by atoms with van der Waals surface area (Å²) in [6.07, 6.45) is 4.15. The quantitative estimate of drug-likeness (QED) is 0.558. The van der Waals surface area contributed by atoms with Crippen LogP contribution in [0.2, 0.25) is 0 Å². The molecule has 1 aliphatic heterocycles. The first-order valence-electron chi connectivity index (χ1n) is 10.7. The minimum atomic E-state index is -1.09. The maximum atomic E-state index is 14.6. The van der Waals surface area contributed by atoms with Gasteiger partial charge in [-0.25, -0.2) is 13.2 Å². The Bertz CT molecular complexity index is 772. The molecule has 0 amide bonds. The zero-order valence-corrected chi connectivity index (χ0v) is 17.3. The van der Waals surface area contributed by atoms with Crippen molar-refractivity contribution in [3.63, 3.8) is 0 Å². The third-order valence-electron chi connectivity index (χ3n) is 6.16. The Balaban J connectivity index is 1.51. The average molecular weight is 442 g/mol. The second-order valence-electron chi connectivity index (χ2n) is 8.43. The van der Waals surface area contributed by atoms with E-state index in [0.29, 0.717) is 19.4 Å². The average Bonchev–Trinajstić information content (AvgIpc) is 2.88. The second kappa shape index (κ2) is 11.0. The molecule has 0 unspecified atom stereocenters. The highest BCUT2D eigenvalue weighted by molar-refractivity contribution is 5.66. The predicted molar refractivity (Wildman–Crippen MR) is 107 cm³/mol. The number of hydrogen-bond donors (Lipinski definition) is 2. The van der Waals surface area contributed by atoms with Crippen molar-refractivity contribution >= 4 is 5.97 Å². The summed E-state index contributed by atoms with van der Waals surface area (Å²) in [6.45, 7) is 0.233. The predicted octanol–water partition coefficient (Wildman–Crippen LogP) is 4.29. The number of carbonyl (C=O) groups is 1. The number of aliphatic carboxylic acids is 1. The number of alkyl halides is 1. The number of carboxylic acids is 1. The molecule has 2 N–H and O–H groups in total. The molecule has 6 atom stereocenters. The van der Waals surface area contributed by atoms with E-state index in [1.165, 1.54) is 6.08 Å². The highest BCUT2D eigenvalue weighted by Gasteiger charge is 2.44. The molecule has 1 heterocycles. The van der Waals surface area contributed by atoms with Crippen molar-refractivity contribution in [3.8, 4) is 5.75 Å². The molecule has 2 aliphatic rings. The van der Waals surface area contributed by atoms with E-state index in [1.54, 1.807) is 6.08 Å². The van der Waals surface area contributed by atoms with E-state index in [2.05, 4.69) is 0 Å². The van der Waals surface area contributed by atoms with E-state index in [9.17, 15) is 23.1 Å². The Hall–Kier alpha value is -2.06. The molecule has 31 heavy (non-hydrogen) atoms. The number of rotatable bonds is 9. The fraction of sp³-hybridized carbons (Fsp3) is 0.609. The molecule has 1 saturated heterocycles. The SMILES string of the molecule is O=C(O)CCC[C@H]1CC[C@@H]2[C@@H](/C=C/[C@@H](O)COc3cc(F)ccc3F)[C@@H](F)C[C@@H]2OC1. The van der Waals surface area contributed by atoms with Crippen LogP contribution < -0.4 is 4.74 Å². The van der Waals surface area contributed by atoms with Crippen LogP contribution in [0.15, 0.2) is 30.4 Å². The summed E-state index contributed by atoms with van der Waals surface area (Å²) in [4.78, 5) is 10.7. The molecular formula is C23H29F3O5. The fourth-order valence-corrected chi connectivity index (χ4v) is 4.52. The Morgan fingerprint density at radius 3 is 2.90 bits per heavy atom. The third kappa shape index (κ3) is 6.71. The molecule has 3 rings (SSSR count). The van der Waals surface area contributed by atoms with Gasteiger partial charge in [-0.2, -0.15) is 0 Å². The third-order valence-corrected chi connectivity index (χ3v) is 6.16. The number of fused-ring (bicyclic) bond motifs is 1. The van der Waals surface area contributed by atoms with Gasteiger partial charge in [0.05, 0.1) is 6.10 Å². The summed E-state index contributed by atoms with van der Waals surface area (Å²) in [5.74, 6) is -2.61. The Labute approximate surface area is 179 Å². The number of allylic oxidation sites excluding steroid dienone is 1. The molecular weight excluding hydrogens is 413 g/mol. The van der Waals surface area contributed by atoms with Crippen molar-refractivity contribution in [2.75, 3.05) is 13.2 Å². The molecule has 1 aromatic rings. The van der Waals surface area contributed by atoms with Crippen LogP contribution in [-0.2, 0) is 9.53 Å². The van der Waals surface area contributed by atoms with Gasteiger partial charge in [-0.15, -0.1) is 0 Å². The van der Waals surface area contributed by atoms with E-state index >= 15 is 0 Å². The number of aliphatic hydroxyl groups is 1. The van der Waals surface area contributed by atoms with Crippen LogP contribution in [0.5, 0.6) is 5.75 Å². The van der Waals surface area contributed by atoms with Crippen molar-refractivity contribution in [3.05, 3.63) is 42.0 Å². The van der Waals surface area contributed by atoms with Gasteiger partial charge in [0.25, 0.3) is 0 Å². The normalized spacial score (nSPS) is 29.5. The lowest BCUT2D eigenvalue weighted by molar-refractivity contribution is -0.137. The van der Waals surface area contributed by atoms with E-state index in [4.69, 9.17) is 14.6 Å². The van der Waals surface area contributed by atoms with E-state index in [-0.39, 0.29) is 36.7 Å². The van der Waals surface area contributed by atoms with Crippen molar-refractivity contribution in [2.45, 2.75) is 56.9 Å². The van der Waals surface area contributed by atoms with Crippen molar-refractivity contribution in [1.82, 2.24) is 0 Å². The van der Waals surface area contributed by atoms with Gasteiger partial charge in [-0.05, 0) is 49.7 Å². The molecule has 0 bridgehead atoms. The maximum absolute atomic E-state index is 14.6. The van der Waals surface area contributed by atoms with Gasteiger partial charge in [0.15, 0.2) is 11.6 Å². The number of halogens is 3. The van der Waals surface area contributed by atoms with Gasteiger partial charge in [-0.1, -0.05) is 12.2 Å². The lowest BCUT2D eigenvalue weighted by atomic mass is 9.86. The van der Waals surface area contributed by atoms with E-state index < -0.39 is 35.8 Å². The topological polar surface area (TPSA) is 76.0 Å². The molecule has 1 aliphatic carbocycles. The van der Waals surface area contributed by atoms with E-state index in [0.717, 1.165) is 37.5 Å². The van der Waals surface area contributed by atoms with Crippen molar-refractivity contribution in [1.29, 1.82) is 0 Å². The monoisotopic (exact) mass is 442 g/mol. The number of carboxylic acid groups (broad SMARTS) is 1. The number of ether oxygens (including phenoxy) is 2. The zero-order chi connectivity index (χ0) is 22.4. The molecule has 8 heteroatoms. The first-order chi connectivity index (χ1) is 14.8. The first kappa shape index (κ1) is 23.6. The lowest BCUT2D eigenvalue weighted by Crippen LogP contribution is -2.21. The molecule has 2 fully saturated rings. The molecule has 5 nitrogen and oxygen atoms in total. The van der Waals surface area contributed by atoms with Gasteiger partial charge in [0.2, 0.25) is 0 Å². The van der Waals surface area contributed by atoms with Gasteiger partial charge >= 0.3 is 5.97 Å². The van der Waals surface area contributed by atoms with Gasteiger partial charge in [0, 0.05) is 31.4 Å². The largest absolute Gasteiger partial charge is 0.487 e. The highest BCUT2D eigenvalue weighted by atomic mass is 19.1. The maximum Gasteiger partial charge on any atom is 0.303 e.